The van der Waals surface area contributed by atoms with E-state index in [1.54, 1.807) is 6.92 Å². The first-order valence-electron chi connectivity index (χ1n) is 4.07. The van der Waals surface area contributed by atoms with Gasteiger partial charge in [0.2, 0.25) is 0 Å². The molecular weight excluding hydrogens is 144 g/mol. The maximum absolute atomic E-state index is 10.6. The Hall–Kier alpha value is -0.570. The number of carbonyl (C=O) groups is 1. The van der Waals surface area contributed by atoms with Crippen molar-refractivity contribution >= 4 is 5.97 Å². The van der Waals surface area contributed by atoms with E-state index in [0.29, 0.717) is 13.0 Å². The zero-order chi connectivity index (χ0) is 8.53. The van der Waals surface area contributed by atoms with Crippen LogP contribution in [0.1, 0.15) is 32.6 Å². The second kappa shape index (κ2) is 7.54. The molecule has 0 aliphatic carbocycles. The van der Waals surface area contributed by atoms with Crippen LogP contribution in [0.2, 0.25) is 0 Å². The van der Waals surface area contributed by atoms with Crippen LogP contribution < -0.4 is 0 Å². The Morgan fingerprint density at radius 1 is 1.36 bits per heavy atom. The van der Waals surface area contributed by atoms with Crippen LogP contribution in [-0.4, -0.2) is 24.3 Å². The number of unbranched alkanes of at least 4 members (excludes halogenated alkanes) is 2. The Kier molecular flexibility index (Phi) is 7.15. The van der Waals surface area contributed by atoms with Crippen LogP contribution in [0.4, 0.5) is 0 Å². The van der Waals surface area contributed by atoms with Crippen molar-refractivity contribution in [2.75, 3.05) is 13.2 Å². The van der Waals surface area contributed by atoms with Gasteiger partial charge in [-0.05, 0) is 19.3 Å². The Labute approximate surface area is 67.4 Å². The van der Waals surface area contributed by atoms with Gasteiger partial charge < -0.3 is 9.84 Å². The molecule has 0 radical (unpaired) electrons. The lowest BCUT2D eigenvalue weighted by atomic mass is 10.2. The summed E-state index contributed by atoms with van der Waals surface area (Å²) in [6.45, 7) is 2.49. The van der Waals surface area contributed by atoms with Gasteiger partial charge in [-0.2, -0.15) is 0 Å². The SMILES string of the molecule is CCC(=O)OCCCCCO. The zero-order valence-electron chi connectivity index (χ0n) is 7.01. The molecule has 0 saturated carbocycles. The lowest BCUT2D eigenvalue weighted by Crippen LogP contribution is -2.03. The molecule has 0 aliphatic rings. The number of carbonyl (C=O) groups excluding carboxylic acids is 1. The van der Waals surface area contributed by atoms with Gasteiger partial charge in [0.15, 0.2) is 0 Å². The van der Waals surface area contributed by atoms with E-state index in [9.17, 15) is 4.79 Å². The molecule has 0 heterocycles. The molecule has 11 heavy (non-hydrogen) atoms. The van der Waals surface area contributed by atoms with Crippen molar-refractivity contribution in [3.8, 4) is 0 Å². The molecule has 0 aromatic rings. The van der Waals surface area contributed by atoms with Crippen LogP contribution in [-0.2, 0) is 9.53 Å². The molecule has 0 atom stereocenters. The van der Waals surface area contributed by atoms with Crippen LogP contribution in [0.25, 0.3) is 0 Å². The molecule has 66 valence electrons. The Balaban J connectivity index is 2.95. The standard InChI is InChI=1S/C8H16O3/c1-2-8(10)11-7-5-3-4-6-9/h9H,2-7H2,1H3. The number of ether oxygens (including phenoxy) is 1. The lowest BCUT2D eigenvalue weighted by Gasteiger charge is -2.01. The van der Waals surface area contributed by atoms with Gasteiger partial charge in [-0.1, -0.05) is 6.92 Å². The fourth-order valence-electron chi connectivity index (χ4n) is 0.679. The number of hydrogen-bond acceptors (Lipinski definition) is 3. The minimum absolute atomic E-state index is 0.144. The minimum Gasteiger partial charge on any atom is -0.466 e. The number of aliphatic hydroxyl groups excluding tert-OH is 1. The van der Waals surface area contributed by atoms with Crippen molar-refractivity contribution in [2.24, 2.45) is 0 Å². The minimum atomic E-state index is -0.144. The molecule has 3 nitrogen and oxygen atoms in total. The van der Waals surface area contributed by atoms with E-state index in [1.165, 1.54) is 0 Å². The van der Waals surface area contributed by atoms with Crippen molar-refractivity contribution < 1.29 is 14.6 Å². The van der Waals surface area contributed by atoms with Crippen molar-refractivity contribution in [2.45, 2.75) is 32.6 Å². The quantitative estimate of drug-likeness (QED) is 0.467. The summed E-state index contributed by atoms with van der Waals surface area (Å²) in [4.78, 5) is 10.6. The fraction of sp³-hybridized carbons (Fsp3) is 0.875. The van der Waals surface area contributed by atoms with Crippen LogP contribution in [0.15, 0.2) is 0 Å². The molecule has 0 rings (SSSR count). The van der Waals surface area contributed by atoms with Crippen molar-refractivity contribution in [1.82, 2.24) is 0 Å². The summed E-state index contributed by atoms with van der Waals surface area (Å²) >= 11 is 0. The molecule has 1 N–H and O–H groups in total. The average Bonchev–Trinajstić information content (AvgIpc) is 2.04. The van der Waals surface area contributed by atoms with Crippen LogP contribution in [0.3, 0.4) is 0 Å². The van der Waals surface area contributed by atoms with Gasteiger partial charge in [0, 0.05) is 13.0 Å². The van der Waals surface area contributed by atoms with Crippen molar-refractivity contribution in [1.29, 1.82) is 0 Å². The third-order valence-electron chi connectivity index (χ3n) is 1.35. The monoisotopic (exact) mass is 160 g/mol. The van der Waals surface area contributed by atoms with Crippen molar-refractivity contribution in [3.05, 3.63) is 0 Å². The van der Waals surface area contributed by atoms with E-state index in [1.807, 2.05) is 0 Å². The van der Waals surface area contributed by atoms with Gasteiger partial charge in [-0.3, -0.25) is 4.79 Å². The van der Waals surface area contributed by atoms with E-state index < -0.39 is 0 Å². The summed E-state index contributed by atoms with van der Waals surface area (Å²) < 4.78 is 4.82. The smallest absolute Gasteiger partial charge is 0.305 e. The van der Waals surface area contributed by atoms with E-state index in [0.717, 1.165) is 19.3 Å². The molecule has 0 aromatic carbocycles. The first-order chi connectivity index (χ1) is 5.31. The van der Waals surface area contributed by atoms with Crippen molar-refractivity contribution in [3.63, 3.8) is 0 Å². The second-order valence-electron chi connectivity index (χ2n) is 2.36. The molecule has 0 unspecified atom stereocenters. The summed E-state index contributed by atoms with van der Waals surface area (Å²) in [6, 6.07) is 0. The van der Waals surface area contributed by atoms with Gasteiger partial charge in [0.25, 0.3) is 0 Å². The maximum Gasteiger partial charge on any atom is 0.305 e. The lowest BCUT2D eigenvalue weighted by molar-refractivity contribution is -0.143. The summed E-state index contributed by atoms with van der Waals surface area (Å²) in [6.07, 6.45) is 3.02. The fourth-order valence-corrected chi connectivity index (χ4v) is 0.679. The topological polar surface area (TPSA) is 46.5 Å². The first kappa shape index (κ1) is 10.4. The normalized spacial score (nSPS) is 9.64. The Morgan fingerprint density at radius 3 is 2.64 bits per heavy atom. The highest BCUT2D eigenvalue weighted by molar-refractivity contribution is 5.68. The van der Waals surface area contributed by atoms with Crippen LogP contribution in [0.5, 0.6) is 0 Å². The number of aliphatic hydroxyl groups is 1. The molecule has 0 spiro atoms. The second-order valence-corrected chi connectivity index (χ2v) is 2.36. The van der Waals surface area contributed by atoms with E-state index in [4.69, 9.17) is 9.84 Å². The third kappa shape index (κ3) is 7.33. The van der Waals surface area contributed by atoms with Gasteiger partial charge in [0.05, 0.1) is 6.61 Å². The highest BCUT2D eigenvalue weighted by Crippen LogP contribution is 1.95. The summed E-state index contributed by atoms with van der Waals surface area (Å²) in [7, 11) is 0. The first-order valence-corrected chi connectivity index (χ1v) is 4.07. The molecule has 0 saturated heterocycles. The number of rotatable bonds is 6. The highest BCUT2D eigenvalue weighted by atomic mass is 16.5. The molecule has 0 bridgehead atoms. The molecule has 3 heteroatoms. The molecule has 0 fully saturated rings. The largest absolute Gasteiger partial charge is 0.466 e. The number of esters is 1. The van der Waals surface area contributed by atoms with E-state index in [2.05, 4.69) is 0 Å². The highest BCUT2D eigenvalue weighted by Gasteiger charge is 1.96. The third-order valence-corrected chi connectivity index (χ3v) is 1.35. The summed E-state index contributed by atoms with van der Waals surface area (Å²) in [5.41, 5.74) is 0. The van der Waals surface area contributed by atoms with E-state index >= 15 is 0 Å². The molecule has 0 amide bonds. The maximum atomic E-state index is 10.6. The summed E-state index contributed by atoms with van der Waals surface area (Å²) in [5.74, 6) is -0.144. The Bertz CT molecular complexity index is 102. The van der Waals surface area contributed by atoms with Crippen LogP contribution >= 0.6 is 0 Å². The van der Waals surface area contributed by atoms with Gasteiger partial charge in [0.1, 0.15) is 0 Å². The molecule has 0 aromatic heterocycles. The van der Waals surface area contributed by atoms with E-state index in [-0.39, 0.29) is 12.6 Å². The Morgan fingerprint density at radius 2 is 2.09 bits per heavy atom. The predicted octanol–water partition coefficient (Wildman–Crippen LogP) is 1.10. The van der Waals surface area contributed by atoms with Crippen LogP contribution in [0, 0.1) is 0 Å². The van der Waals surface area contributed by atoms with Gasteiger partial charge in [-0.15, -0.1) is 0 Å². The predicted molar refractivity (Wildman–Crippen MR) is 42.2 cm³/mol. The molecular formula is C8H16O3. The van der Waals surface area contributed by atoms with Gasteiger partial charge >= 0.3 is 5.97 Å². The number of hydrogen-bond donors (Lipinski definition) is 1. The summed E-state index contributed by atoms with van der Waals surface area (Å²) in [5, 5.41) is 8.41. The molecule has 0 aliphatic heterocycles. The zero-order valence-corrected chi connectivity index (χ0v) is 7.01. The van der Waals surface area contributed by atoms with Gasteiger partial charge in [-0.25, -0.2) is 0 Å². The average molecular weight is 160 g/mol.